The molecule has 2 rings (SSSR count). The quantitative estimate of drug-likeness (QED) is 0.896. The highest BCUT2D eigenvalue weighted by Gasteiger charge is 2.24. The van der Waals surface area contributed by atoms with Gasteiger partial charge in [0, 0.05) is 25.2 Å². The number of amides is 1. The molecule has 0 bridgehead atoms. The zero-order valence-electron chi connectivity index (χ0n) is 13.6. The highest BCUT2D eigenvalue weighted by atomic mass is 16.1. The normalized spacial score (nSPS) is 23.0. The van der Waals surface area contributed by atoms with Gasteiger partial charge in [-0.3, -0.25) is 4.79 Å². The summed E-state index contributed by atoms with van der Waals surface area (Å²) < 4.78 is 0. The minimum Gasteiger partial charge on any atom is -0.326 e. The maximum absolute atomic E-state index is 11.3. The summed E-state index contributed by atoms with van der Waals surface area (Å²) >= 11 is 0. The SMILES string of the molecule is CCC1CCC(CCc2ccccc2NC(C)=O)N(C)C1. The van der Waals surface area contributed by atoms with Crippen molar-refractivity contribution in [2.24, 2.45) is 5.92 Å². The van der Waals surface area contributed by atoms with Gasteiger partial charge in [-0.2, -0.15) is 0 Å². The molecular weight excluding hydrogens is 260 g/mol. The van der Waals surface area contributed by atoms with E-state index in [9.17, 15) is 4.79 Å². The third-order valence-electron chi connectivity index (χ3n) is 4.73. The number of nitrogens with one attached hydrogen (secondary N) is 1. The number of hydrogen-bond donors (Lipinski definition) is 1. The first-order valence-corrected chi connectivity index (χ1v) is 8.16. The number of aryl methyl sites for hydroxylation is 1. The molecule has 1 aliphatic rings. The van der Waals surface area contributed by atoms with Gasteiger partial charge < -0.3 is 10.2 Å². The van der Waals surface area contributed by atoms with Gasteiger partial charge in [0.05, 0.1) is 0 Å². The second kappa shape index (κ2) is 7.60. The fourth-order valence-corrected chi connectivity index (χ4v) is 3.37. The molecule has 2 unspecified atom stereocenters. The van der Waals surface area contributed by atoms with Gasteiger partial charge in [-0.15, -0.1) is 0 Å². The number of hydrogen-bond acceptors (Lipinski definition) is 2. The molecule has 1 saturated heterocycles. The van der Waals surface area contributed by atoms with Crippen LogP contribution in [0.5, 0.6) is 0 Å². The Hall–Kier alpha value is -1.35. The van der Waals surface area contributed by atoms with Crippen LogP contribution in [0.2, 0.25) is 0 Å². The van der Waals surface area contributed by atoms with E-state index in [0.717, 1.165) is 18.0 Å². The fourth-order valence-electron chi connectivity index (χ4n) is 3.37. The van der Waals surface area contributed by atoms with E-state index in [1.54, 1.807) is 6.92 Å². The minimum atomic E-state index is 0.00280. The molecule has 3 heteroatoms. The number of likely N-dealkylation sites (tertiary alicyclic amines) is 1. The summed E-state index contributed by atoms with van der Waals surface area (Å²) in [5, 5.41) is 2.94. The Morgan fingerprint density at radius 2 is 2.10 bits per heavy atom. The van der Waals surface area contributed by atoms with Crippen LogP contribution in [0.1, 0.15) is 45.1 Å². The second-order valence-corrected chi connectivity index (χ2v) is 6.32. The molecule has 116 valence electrons. The van der Waals surface area contributed by atoms with Crippen molar-refractivity contribution in [3.8, 4) is 0 Å². The molecule has 1 aromatic rings. The van der Waals surface area contributed by atoms with Gasteiger partial charge in [0.1, 0.15) is 0 Å². The molecule has 1 amide bonds. The number of rotatable bonds is 5. The third kappa shape index (κ3) is 4.57. The zero-order valence-corrected chi connectivity index (χ0v) is 13.6. The largest absolute Gasteiger partial charge is 0.326 e. The summed E-state index contributed by atoms with van der Waals surface area (Å²) in [6.45, 7) is 5.09. The highest BCUT2D eigenvalue weighted by molar-refractivity contribution is 5.89. The van der Waals surface area contributed by atoms with Crippen LogP contribution in [0, 0.1) is 5.92 Å². The van der Waals surface area contributed by atoms with Gasteiger partial charge in [0.15, 0.2) is 0 Å². The lowest BCUT2D eigenvalue weighted by Gasteiger charge is -2.37. The summed E-state index contributed by atoms with van der Waals surface area (Å²) in [6.07, 6.45) is 6.16. The molecule has 0 radical (unpaired) electrons. The first kappa shape index (κ1) is 16.0. The first-order chi connectivity index (χ1) is 10.1. The predicted molar refractivity (Wildman–Crippen MR) is 88.5 cm³/mol. The first-order valence-electron chi connectivity index (χ1n) is 8.16. The van der Waals surface area contributed by atoms with Gasteiger partial charge in [-0.05, 0) is 50.3 Å². The Morgan fingerprint density at radius 1 is 1.33 bits per heavy atom. The fraction of sp³-hybridized carbons (Fsp3) is 0.611. The Balaban J connectivity index is 1.92. The zero-order chi connectivity index (χ0) is 15.2. The average Bonchev–Trinajstić information content (AvgIpc) is 2.46. The van der Waals surface area contributed by atoms with Crippen LogP contribution in [-0.2, 0) is 11.2 Å². The lowest BCUT2D eigenvalue weighted by atomic mass is 9.88. The number of benzene rings is 1. The minimum absolute atomic E-state index is 0.00280. The van der Waals surface area contributed by atoms with Gasteiger partial charge in [0.2, 0.25) is 5.91 Å². The molecule has 1 heterocycles. The van der Waals surface area contributed by atoms with Crippen LogP contribution in [-0.4, -0.2) is 30.4 Å². The van der Waals surface area contributed by atoms with Gasteiger partial charge in [-0.1, -0.05) is 31.5 Å². The van der Waals surface area contributed by atoms with Crippen LogP contribution < -0.4 is 5.32 Å². The van der Waals surface area contributed by atoms with Gasteiger partial charge >= 0.3 is 0 Å². The van der Waals surface area contributed by atoms with Crippen LogP contribution in [0.4, 0.5) is 5.69 Å². The summed E-state index contributed by atoms with van der Waals surface area (Å²) in [7, 11) is 2.26. The third-order valence-corrected chi connectivity index (χ3v) is 4.73. The Morgan fingerprint density at radius 3 is 2.76 bits per heavy atom. The number of carbonyl (C=O) groups is 1. The molecule has 1 aromatic carbocycles. The van der Waals surface area contributed by atoms with Crippen molar-refractivity contribution in [2.75, 3.05) is 18.9 Å². The monoisotopic (exact) mass is 288 g/mol. The number of para-hydroxylation sites is 1. The molecule has 0 spiro atoms. The van der Waals surface area contributed by atoms with E-state index in [0.29, 0.717) is 6.04 Å². The van der Waals surface area contributed by atoms with Crippen LogP contribution in [0.25, 0.3) is 0 Å². The molecule has 1 N–H and O–H groups in total. The van der Waals surface area contributed by atoms with Crippen LogP contribution in [0.3, 0.4) is 0 Å². The lowest BCUT2D eigenvalue weighted by molar-refractivity contribution is -0.114. The maximum atomic E-state index is 11.3. The topological polar surface area (TPSA) is 32.3 Å². The highest BCUT2D eigenvalue weighted by Crippen LogP contribution is 2.26. The molecule has 21 heavy (non-hydrogen) atoms. The van der Waals surface area contributed by atoms with Crippen LogP contribution >= 0.6 is 0 Å². The second-order valence-electron chi connectivity index (χ2n) is 6.32. The van der Waals surface area contributed by atoms with Crippen molar-refractivity contribution in [3.05, 3.63) is 29.8 Å². The van der Waals surface area contributed by atoms with Crippen molar-refractivity contribution >= 4 is 11.6 Å². The number of anilines is 1. The van der Waals surface area contributed by atoms with Gasteiger partial charge in [-0.25, -0.2) is 0 Å². The van der Waals surface area contributed by atoms with Crippen molar-refractivity contribution in [2.45, 2.75) is 52.0 Å². The predicted octanol–water partition coefficient (Wildman–Crippen LogP) is 3.70. The van der Waals surface area contributed by atoms with Crippen molar-refractivity contribution in [1.29, 1.82) is 0 Å². The number of carbonyl (C=O) groups excluding carboxylic acids is 1. The molecule has 1 aliphatic heterocycles. The number of nitrogens with zero attached hydrogens (tertiary/aromatic N) is 1. The summed E-state index contributed by atoms with van der Waals surface area (Å²) in [4.78, 5) is 13.8. The molecular formula is C18H28N2O. The maximum Gasteiger partial charge on any atom is 0.221 e. The number of piperidine rings is 1. The van der Waals surface area contributed by atoms with Crippen molar-refractivity contribution in [1.82, 2.24) is 4.90 Å². The summed E-state index contributed by atoms with van der Waals surface area (Å²) in [6, 6.07) is 8.83. The molecule has 0 saturated carbocycles. The van der Waals surface area contributed by atoms with E-state index in [1.807, 2.05) is 12.1 Å². The van der Waals surface area contributed by atoms with E-state index in [4.69, 9.17) is 0 Å². The molecule has 2 atom stereocenters. The Bertz CT molecular complexity index is 472. The van der Waals surface area contributed by atoms with Gasteiger partial charge in [0.25, 0.3) is 0 Å². The van der Waals surface area contributed by atoms with Crippen molar-refractivity contribution < 1.29 is 4.79 Å². The average molecular weight is 288 g/mol. The Labute approximate surface area is 128 Å². The smallest absolute Gasteiger partial charge is 0.221 e. The van der Waals surface area contributed by atoms with E-state index < -0.39 is 0 Å². The van der Waals surface area contributed by atoms with Crippen LogP contribution in [0.15, 0.2) is 24.3 Å². The van der Waals surface area contributed by atoms with E-state index in [-0.39, 0.29) is 5.91 Å². The molecule has 0 aromatic heterocycles. The molecule has 3 nitrogen and oxygen atoms in total. The van der Waals surface area contributed by atoms with E-state index >= 15 is 0 Å². The molecule has 0 aliphatic carbocycles. The standard InChI is InChI=1S/C18H28N2O/c1-4-15-9-11-17(20(3)13-15)12-10-16-7-5-6-8-18(16)19-14(2)21/h5-8,15,17H,4,9-13H2,1-3H3,(H,19,21). The summed E-state index contributed by atoms with van der Waals surface area (Å²) in [5.74, 6) is 0.876. The Kier molecular flexibility index (Phi) is 5.80. The lowest BCUT2D eigenvalue weighted by Crippen LogP contribution is -2.40. The van der Waals surface area contributed by atoms with Crippen molar-refractivity contribution in [3.63, 3.8) is 0 Å². The summed E-state index contributed by atoms with van der Waals surface area (Å²) in [5.41, 5.74) is 2.22. The van der Waals surface area contributed by atoms with E-state index in [2.05, 4.69) is 36.3 Å². The molecule has 1 fully saturated rings. The van der Waals surface area contributed by atoms with E-state index in [1.165, 1.54) is 37.8 Å².